The van der Waals surface area contributed by atoms with Crippen LogP contribution in [-0.2, 0) is 11.2 Å². The Balaban J connectivity index is 1.40. The summed E-state index contributed by atoms with van der Waals surface area (Å²) in [6.07, 6.45) is 1.45. The molecule has 28 heavy (non-hydrogen) atoms. The molecule has 140 valence electrons. The highest BCUT2D eigenvalue weighted by atomic mass is 16.5. The van der Waals surface area contributed by atoms with Crippen molar-refractivity contribution in [1.82, 2.24) is 4.90 Å². The number of hydrogen-bond acceptors (Lipinski definition) is 3. The smallest absolute Gasteiger partial charge is 0.164 e. The van der Waals surface area contributed by atoms with Crippen molar-refractivity contribution in [2.45, 2.75) is 25.1 Å². The Morgan fingerprint density at radius 1 is 0.929 bits per heavy atom. The SMILES string of the molecule is O=C(CC1COC2c3cccc(-c4ccccc4)c3CCN12)c1ccccc1. The molecular weight excluding hydrogens is 346 g/mol. The Morgan fingerprint density at radius 3 is 2.46 bits per heavy atom. The molecule has 0 bridgehead atoms. The second kappa shape index (κ2) is 7.34. The summed E-state index contributed by atoms with van der Waals surface area (Å²) in [5.41, 5.74) is 5.97. The van der Waals surface area contributed by atoms with Crippen LogP contribution < -0.4 is 0 Å². The first-order valence-electron chi connectivity index (χ1n) is 9.94. The number of carbonyl (C=O) groups excluding carboxylic acids is 1. The van der Waals surface area contributed by atoms with Gasteiger partial charge < -0.3 is 4.74 Å². The van der Waals surface area contributed by atoms with E-state index in [1.807, 2.05) is 30.3 Å². The quantitative estimate of drug-likeness (QED) is 0.614. The zero-order valence-corrected chi connectivity index (χ0v) is 15.8. The highest BCUT2D eigenvalue weighted by Crippen LogP contribution is 2.41. The van der Waals surface area contributed by atoms with Crippen molar-refractivity contribution in [3.05, 3.63) is 95.6 Å². The zero-order chi connectivity index (χ0) is 18.9. The Kier molecular flexibility index (Phi) is 4.55. The standard InChI is InChI=1S/C25H23NO2/c27-24(19-10-5-2-6-11-19)16-20-17-28-25-23-13-7-12-21(18-8-3-1-4-9-18)22(23)14-15-26(20)25/h1-13,20,25H,14-17H2. The van der Waals surface area contributed by atoms with Crippen molar-refractivity contribution >= 4 is 5.78 Å². The second-order valence-corrected chi connectivity index (χ2v) is 7.56. The van der Waals surface area contributed by atoms with Crippen LogP contribution in [0.2, 0.25) is 0 Å². The Labute approximate surface area is 165 Å². The van der Waals surface area contributed by atoms with E-state index in [2.05, 4.69) is 53.4 Å². The molecule has 2 aliphatic rings. The number of rotatable bonds is 4. The van der Waals surface area contributed by atoms with Crippen LogP contribution in [0.15, 0.2) is 78.9 Å². The molecule has 0 aromatic heterocycles. The Hall–Kier alpha value is -2.75. The number of benzene rings is 3. The molecule has 3 nitrogen and oxygen atoms in total. The van der Waals surface area contributed by atoms with Gasteiger partial charge in [0.1, 0.15) is 6.23 Å². The van der Waals surface area contributed by atoms with Gasteiger partial charge in [-0.3, -0.25) is 9.69 Å². The van der Waals surface area contributed by atoms with E-state index in [0.29, 0.717) is 13.0 Å². The van der Waals surface area contributed by atoms with Crippen LogP contribution in [-0.4, -0.2) is 29.9 Å². The van der Waals surface area contributed by atoms with Gasteiger partial charge in [-0.2, -0.15) is 0 Å². The van der Waals surface area contributed by atoms with Gasteiger partial charge in [-0.25, -0.2) is 0 Å². The topological polar surface area (TPSA) is 29.5 Å². The van der Waals surface area contributed by atoms with Gasteiger partial charge in [-0.1, -0.05) is 78.9 Å². The minimum Gasteiger partial charge on any atom is -0.357 e. The van der Waals surface area contributed by atoms with Gasteiger partial charge in [-0.05, 0) is 28.7 Å². The van der Waals surface area contributed by atoms with E-state index in [1.165, 1.54) is 22.3 Å². The van der Waals surface area contributed by atoms with Gasteiger partial charge in [0.05, 0.1) is 6.61 Å². The molecule has 2 aliphatic heterocycles. The van der Waals surface area contributed by atoms with E-state index in [-0.39, 0.29) is 18.1 Å². The van der Waals surface area contributed by atoms with Crippen LogP contribution >= 0.6 is 0 Å². The van der Waals surface area contributed by atoms with Gasteiger partial charge in [-0.15, -0.1) is 0 Å². The van der Waals surface area contributed by atoms with E-state index < -0.39 is 0 Å². The summed E-state index contributed by atoms with van der Waals surface area (Å²) in [4.78, 5) is 15.1. The predicted molar refractivity (Wildman–Crippen MR) is 110 cm³/mol. The van der Waals surface area contributed by atoms with E-state index in [1.54, 1.807) is 0 Å². The molecule has 3 aromatic rings. The number of Topliss-reactive ketones (excluding diaryl/α,β-unsaturated/α-hetero) is 1. The number of nitrogens with zero attached hydrogens (tertiary/aromatic N) is 1. The molecule has 3 aromatic carbocycles. The summed E-state index contributed by atoms with van der Waals surface area (Å²) >= 11 is 0. The maximum Gasteiger partial charge on any atom is 0.164 e. The van der Waals surface area contributed by atoms with Crippen molar-refractivity contribution in [2.24, 2.45) is 0 Å². The molecule has 0 aliphatic carbocycles. The third-order valence-corrected chi connectivity index (χ3v) is 5.92. The van der Waals surface area contributed by atoms with E-state index >= 15 is 0 Å². The Bertz CT molecular complexity index is 984. The van der Waals surface area contributed by atoms with Crippen LogP contribution in [0, 0.1) is 0 Å². The molecule has 1 saturated heterocycles. The van der Waals surface area contributed by atoms with Gasteiger partial charge in [0.15, 0.2) is 5.78 Å². The summed E-state index contributed by atoms with van der Waals surface area (Å²) in [6.45, 7) is 1.53. The molecule has 3 heteroatoms. The van der Waals surface area contributed by atoms with Gasteiger partial charge in [0.2, 0.25) is 0 Å². The molecule has 1 fully saturated rings. The summed E-state index contributed by atoms with van der Waals surface area (Å²) in [5, 5.41) is 0. The van der Waals surface area contributed by atoms with Crippen molar-refractivity contribution in [1.29, 1.82) is 0 Å². The molecule has 2 heterocycles. The van der Waals surface area contributed by atoms with Gasteiger partial charge >= 0.3 is 0 Å². The fourth-order valence-electron chi connectivity index (χ4n) is 4.53. The van der Waals surface area contributed by atoms with Crippen LogP contribution in [0.4, 0.5) is 0 Å². The maximum atomic E-state index is 12.7. The molecular formula is C25H23NO2. The summed E-state index contributed by atoms with van der Waals surface area (Å²) in [5.74, 6) is 0.193. The van der Waals surface area contributed by atoms with Gasteiger partial charge in [0, 0.05) is 24.6 Å². The zero-order valence-electron chi connectivity index (χ0n) is 15.8. The molecule has 2 atom stereocenters. The van der Waals surface area contributed by atoms with E-state index in [9.17, 15) is 4.79 Å². The fourth-order valence-corrected chi connectivity index (χ4v) is 4.53. The average Bonchev–Trinajstić information content (AvgIpc) is 3.17. The molecule has 2 unspecified atom stereocenters. The normalized spacial score (nSPS) is 21.1. The first-order valence-corrected chi connectivity index (χ1v) is 9.94. The maximum absolute atomic E-state index is 12.7. The van der Waals surface area contributed by atoms with Crippen LogP contribution in [0.3, 0.4) is 0 Å². The minimum absolute atomic E-state index is 0.0408. The number of fused-ring (bicyclic) bond motifs is 3. The Morgan fingerprint density at radius 2 is 1.68 bits per heavy atom. The second-order valence-electron chi connectivity index (χ2n) is 7.56. The number of carbonyl (C=O) groups is 1. The highest BCUT2D eigenvalue weighted by Gasteiger charge is 2.40. The van der Waals surface area contributed by atoms with Crippen molar-refractivity contribution in [3.8, 4) is 11.1 Å². The third-order valence-electron chi connectivity index (χ3n) is 5.92. The number of ether oxygens (including phenoxy) is 1. The van der Waals surface area contributed by atoms with E-state index in [4.69, 9.17) is 4.74 Å². The summed E-state index contributed by atoms with van der Waals surface area (Å²) in [6, 6.07) is 26.8. The van der Waals surface area contributed by atoms with E-state index in [0.717, 1.165) is 18.5 Å². The number of hydrogen-bond donors (Lipinski definition) is 0. The first kappa shape index (κ1) is 17.4. The highest BCUT2D eigenvalue weighted by molar-refractivity contribution is 5.96. The summed E-state index contributed by atoms with van der Waals surface area (Å²) in [7, 11) is 0. The van der Waals surface area contributed by atoms with Crippen LogP contribution in [0.25, 0.3) is 11.1 Å². The lowest BCUT2D eigenvalue weighted by molar-refractivity contribution is 0.0217. The molecule has 0 saturated carbocycles. The molecule has 0 radical (unpaired) electrons. The van der Waals surface area contributed by atoms with Crippen LogP contribution in [0.1, 0.15) is 34.1 Å². The lowest BCUT2D eigenvalue weighted by Crippen LogP contribution is -2.39. The number of ketones is 1. The fraction of sp³-hybridized carbons (Fsp3) is 0.240. The molecule has 0 amide bonds. The average molecular weight is 369 g/mol. The van der Waals surface area contributed by atoms with Crippen molar-refractivity contribution in [2.75, 3.05) is 13.2 Å². The predicted octanol–water partition coefficient (Wildman–Crippen LogP) is 4.88. The molecule has 0 spiro atoms. The minimum atomic E-state index is -0.0408. The lowest BCUT2D eigenvalue weighted by atomic mass is 9.89. The molecule has 5 rings (SSSR count). The summed E-state index contributed by atoms with van der Waals surface area (Å²) < 4.78 is 6.20. The first-order chi connectivity index (χ1) is 13.8. The van der Waals surface area contributed by atoms with Crippen molar-refractivity contribution < 1.29 is 9.53 Å². The monoisotopic (exact) mass is 369 g/mol. The third kappa shape index (κ3) is 3.07. The van der Waals surface area contributed by atoms with Crippen LogP contribution in [0.5, 0.6) is 0 Å². The van der Waals surface area contributed by atoms with Gasteiger partial charge in [0.25, 0.3) is 0 Å². The van der Waals surface area contributed by atoms with Crippen molar-refractivity contribution in [3.63, 3.8) is 0 Å². The lowest BCUT2D eigenvalue weighted by Gasteiger charge is -2.34. The molecule has 0 N–H and O–H groups in total. The largest absolute Gasteiger partial charge is 0.357 e.